The highest BCUT2D eigenvalue weighted by Gasteiger charge is 2.14. The number of benzene rings is 2. The largest absolute Gasteiger partial charge is 0.506 e. The number of rotatable bonds is 4. The van der Waals surface area contributed by atoms with Crippen LogP contribution in [0.2, 0.25) is 0 Å². The summed E-state index contributed by atoms with van der Waals surface area (Å²) in [5.74, 6) is -1.45. The Labute approximate surface area is 132 Å². The summed E-state index contributed by atoms with van der Waals surface area (Å²) in [7, 11) is 0. The van der Waals surface area contributed by atoms with Gasteiger partial charge >= 0.3 is 0 Å². The maximum Gasteiger partial charge on any atom is 0.270 e. The van der Waals surface area contributed by atoms with Gasteiger partial charge in [-0.2, -0.15) is 5.26 Å². The Morgan fingerprint density at radius 2 is 1.70 bits per heavy atom. The lowest BCUT2D eigenvalue weighted by Gasteiger charge is -2.05. The number of imide groups is 1. The van der Waals surface area contributed by atoms with Gasteiger partial charge in [0, 0.05) is 11.8 Å². The number of phenolic OH excluding ortho intramolecular Hbond substituents is 1. The second kappa shape index (κ2) is 7.43. The summed E-state index contributed by atoms with van der Waals surface area (Å²) in [5, 5.41) is 23.4. The maximum absolute atomic E-state index is 11.9. The van der Waals surface area contributed by atoms with Crippen molar-refractivity contribution in [2.45, 2.75) is 0 Å². The van der Waals surface area contributed by atoms with Crippen molar-refractivity contribution in [1.29, 1.82) is 5.26 Å². The molecule has 0 aliphatic rings. The summed E-state index contributed by atoms with van der Waals surface area (Å²) in [6.45, 7) is 0. The topological polar surface area (TPSA) is 102 Å². The zero-order valence-corrected chi connectivity index (χ0v) is 12.0. The molecule has 2 aromatic rings. The molecule has 0 aliphatic carbocycles. The van der Waals surface area contributed by atoms with E-state index in [2.05, 4.69) is 10.6 Å². The van der Waals surface area contributed by atoms with Gasteiger partial charge in [-0.25, -0.2) is 0 Å². The highest BCUT2D eigenvalue weighted by Crippen LogP contribution is 2.21. The fraction of sp³-hybridized carbons (Fsp3) is 0. The quantitative estimate of drug-likeness (QED) is 0.456. The normalized spacial score (nSPS) is 10.5. The van der Waals surface area contributed by atoms with Crippen LogP contribution in [0.1, 0.15) is 10.4 Å². The minimum Gasteiger partial charge on any atom is -0.506 e. The molecule has 2 amide bonds. The molecule has 2 aromatic carbocycles. The van der Waals surface area contributed by atoms with Gasteiger partial charge in [-0.1, -0.05) is 30.3 Å². The first-order valence-corrected chi connectivity index (χ1v) is 6.67. The first kappa shape index (κ1) is 15.8. The molecule has 3 N–H and O–H groups in total. The van der Waals surface area contributed by atoms with Crippen molar-refractivity contribution in [3.8, 4) is 11.8 Å². The zero-order chi connectivity index (χ0) is 16.7. The van der Waals surface area contributed by atoms with Crippen molar-refractivity contribution in [3.05, 3.63) is 71.9 Å². The van der Waals surface area contributed by atoms with E-state index in [-0.39, 0.29) is 11.3 Å². The van der Waals surface area contributed by atoms with Crippen LogP contribution in [0.4, 0.5) is 5.69 Å². The fourth-order valence-corrected chi connectivity index (χ4v) is 1.73. The molecule has 6 heteroatoms. The van der Waals surface area contributed by atoms with Crippen LogP contribution in [0.5, 0.6) is 5.75 Å². The van der Waals surface area contributed by atoms with E-state index < -0.39 is 11.8 Å². The van der Waals surface area contributed by atoms with Crippen LogP contribution in [0.3, 0.4) is 0 Å². The molecule has 0 bridgehead atoms. The Kier molecular flexibility index (Phi) is 5.10. The average Bonchev–Trinajstić information content (AvgIpc) is 2.57. The second-order valence-corrected chi connectivity index (χ2v) is 4.48. The molecule has 0 saturated heterocycles. The Morgan fingerprint density at radius 3 is 2.35 bits per heavy atom. The molecule has 0 aliphatic heterocycles. The molecule has 0 fully saturated rings. The third-order valence-corrected chi connectivity index (χ3v) is 2.90. The molecule has 0 unspecified atom stereocenters. The number of phenols is 1. The van der Waals surface area contributed by atoms with Crippen molar-refractivity contribution in [2.75, 3.05) is 5.32 Å². The van der Waals surface area contributed by atoms with Crippen LogP contribution in [0, 0.1) is 11.3 Å². The minimum absolute atomic E-state index is 0.0261. The van der Waals surface area contributed by atoms with Gasteiger partial charge in [0.25, 0.3) is 11.8 Å². The molecule has 0 heterocycles. The number of anilines is 1. The predicted octanol–water partition coefficient (Wildman–Crippen LogP) is 2.17. The van der Waals surface area contributed by atoms with E-state index >= 15 is 0 Å². The van der Waals surface area contributed by atoms with Gasteiger partial charge in [0.2, 0.25) is 0 Å². The number of hydrogen-bond donors (Lipinski definition) is 3. The monoisotopic (exact) mass is 307 g/mol. The van der Waals surface area contributed by atoms with E-state index in [1.54, 1.807) is 54.6 Å². The summed E-state index contributed by atoms with van der Waals surface area (Å²) in [6.07, 6.45) is 1.13. The maximum atomic E-state index is 11.9. The summed E-state index contributed by atoms with van der Waals surface area (Å²) >= 11 is 0. The van der Waals surface area contributed by atoms with Crippen molar-refractivity contribution < 1.29 is 14.7 Å². The summed E-state index contributed by atoms with van der Waals surface area (Å²) < 4.78 is 0. The molecule has 0 saturated carbocycles. The Morgan fingerprint density at radius 1 is 1.04 bits per heavy atom. The standard InChI is InChI=1S/C17H13N3O3/c18-10-13(11-19-14-8-4-5-9-15(14)21)17(23)20-16(22)12-6-2-1-3-7-12/h1-9,11,19,21H,(H,20,22,23). The van der Waals surface area contributed by atoms with Gasteiger partial charge in [0.05, 0.1) is 5.69 Å². The van der Waals surface area contributed by atoms with Crippen molar-refractivity contribution >= 4 is 17.5 Å². The van der Waals surface area contributed by atoms with Crippen molar-refractivity contribution in [3.63, 3.8) is 0 Å². The van der Waals surface area contributed by atoms with Crippen LogP contribution >= 0.6 is 0 Å². The Bertz CT molecular complexity index is 792. The van der Waals surface area contributed by atoms with Gasteiger partial charge in [0.15, 0.2) is 0 Å². The number of aromatic hydroxyl groups is 1. The van der Waals surface area contributed by atoms with Gasteiger partial charge in [-0.05, 0) is 24.3 Å². The highest BCUT2D eigenvalue weighted by molar-refractivity contribution is 6.11. The third kappa shape index (κ3) is 4.19. The zero-order valence-electron chi connectivity index (χ0n) is 12.0. The first-order valence-electron chi connectivity index (χ1n) is 6.67. The highest BCUT2D eigenvalue weighted by atomic mass is 16.3. The molecule has 6 nitrogen and oxygen atoms in total. The molecule has 0 spiro atoms. The van der Waals surface area contributed by atoms with Crippen molar-refractivity contribution in [2.24, 2.45) is 0 Å². The number of para-hydroxylation sites is 2. The molecule has 23 heavy (non-hydrogen) atoms. The van der Waals surface area contributed by atoms with Gasteiger partial charge in [-0.3, -0.25) is 14.9 Å². The number of nitrogens with one attached hydrogen (secondary N) is 2. The number of carbonyl (C=O) groups excluding carboxylic acids is 2. The van der Waals surface area contributed by atoms with Gasteiger partial charge in [-0.15, -0.1) is 0 Å². The van der Waals surface area contributed by atoms with Crippen LogP contribution in [0.25, 0.3) is 0 Å². The molecule has 2 rings (SSSR count). The lowest BCUT2D eigenvalue weighted by Crippen LogP contribution is -2.31. The number of hydrogen-bond acceptors (Lipinski definition) is 5. The first-order chi connectivity index (χ1) is 11.1. The van der Waals surface area contributed by atoms with Crippen LogP contribution < -0.4 is 10.6 Å². The summed E-state index contributed by atoms with van der Waals surface area (Å²) in [4.78, 5) is 23.8. The smallest absolute Gasteiger partial charge is 0.270 e. The van der Waals surface area contributed by atoms with E-state index in [0.29, 0.717) is 11.3 Å². The molecule has 114 valence electrons. The third-order valence-electron chi connectivity index (χ3n) is 2.90. The summed E-state index contributed by atoms with van der Waals surface area (Å²) in [5.41, 5.74) is 0.353. The van der Waals surface area contributed by atoms with E-state index in [4.69, 9.17) is 5.26 Å². The van der Waals surface area contributed by atoms with Crippen LogP contribution in [-0.4, -0.2) is 16.9 Å². The minimum atomic E-state index is -0.829. The van der Waals surface area contributed by atoms with Crippen LogP contribution in [-0.2, 0) is 4.79 Å². The Hall–Kier alpha value is -3.59. The predicted molar refractivity (Wildman–Crippen MR) is 84.3 cm³/mol. The number of amides is 2. The second-order valence-electron chi connectivity index (χ2n) is 4.48. The summed E-state index contributed by atoms with van der Waals surface area (Å²) in [6, 6.07) is 16.2. The average molecular weight is 307 g/mol. The van der Waals surface area contributed by atoms with E-state index in [9.17, 15) is 14.7 Å². The Balaban J connectivity index is 2.07. The number of nitrogens with zero attached hydrogens (tertiary/aromatic N) is 1. The van der Waals surface area contributed by atoms with Gasteiger partial charge < -0.3 is 10.4 Å². The van der Waals surface area contributed by atoms with E-state index in [1.807, 2.05) is 0 Å². The molecular formula is C17H13N3O3. The number of nitriles is 1. The van der Waals surface area contributed by atoms with Gasteiger partial charge in [0.1, 0.15) is 17.4 Å². The lowest BCUT2D eigenvalue weighted by molar-refractivity contribution is -0.116. The molecule has 0 atom stereocenters. The van der Waals surface area contributed by atoms with Crippen molar-refractivity contribution in [1.82, 2.24) is 5.32 Å². The molecule has 0 aromatic heterocycles. The van der Waals surface area contributed by atoms with E-state index in [1.165, 1.54) is 6.07 Å². The lowest BCUT2D eigenvalue weighted by atomic mass is 10.2. The fourth-order valence-electron chi connectivity index (χ4n) is 1.73. The number of carbonyl (C=O) groups is 2. The van der Waals surface area contributed by atoms with Crippen LogP contribution in [0.15, 0.2) is 66.4 Å². The van der Waals surface area contributed by atoms with E-state index in [0.717, 1.165) is 6.20 Å². The SMILES string of the molecule is N#CC(=CNc1ccccc1O)C(=O)NC(=O)c1ccccc1. The molecule has 0 radical (unpaired) electrons. The molecular weight excluding hydrogens is 294 g/mol.